The number of carbonyl (C=O) groups excluding carboxylic acids is 2. The molecule has 1 aromatic heterocycles. The van der Waals surface area contributed by atoms with E-state index in [9.17, 15) is 9.59 Å². The van der Waals surface area contributed by atoms with Crippen LogP contribution in [0.1, 0.15) is 23.7 Å². The van der Waals surface area contributed by atoms with E-state index in [1.54, 1.807) is 25.1 Å². The minimum atomic E-state index is -0.880. The van der Waals surface area contributed by atoms with Gasteiger partial charge in [0.2, 0.25) is 5.91 Å². The Labute approximate surface area is 127 Å². The van der Waals surface area contributed by atoms with E-state index >= 15 is 0 Å². The number of carbonyl (C=O) groups is 2. The highest BCUT2D eigenvalue weighted by atomic mass is 16.2. The molecule has 0 fully saturated rings. The molecule has 0 aliphatic carbocycles. The predicted octanol–water partition coefficient (Wildman–Crippen LogP) is 1.37. The van der Waals surface area contributed by atoms with Gasteiger partial charge in [-0.1, -0.05) is 18.2 Å². The van der Waals surface area contributed by atoms with Crippen LogP contribution in [0, 0.1) is 17.2 Å². The third-order valence-electron chi connectivity index (χ3n) is 3.35. The van der Waals surface area contributed by atoms with E-state index in [4.69, 9.17) is 11.0 Å². The fourth-order valence-electron chi connectivity index (χ4n) is 2.18. The number of benzene rings is 1. The third kappa shape index (κ3) is 3.38. The van der Waals surface area contributed by atoms with E-state index in [2.05, 4.69) is 10.3 Å². The fourth-order valence-corrected chi connectivity index (χ4v) is 2.18. The van der Waals surface area contributed by atoms with Gasteiger partial charge in [0.25, 0.3) is 5.91 Å². The molecule has 1 aromatic carbocycles. The molecule has 0 unspecified atom stereocenters. The second-order valence-electron chi connectivity index (χ2n) is 5.07. The van der Waals surface area contributed by atoms with Crippen LogP contribution >= 0.6 is 0 Å². The van der Waals surface area contributed by atoms with E-state index in [-0.39, 0.29) is 12.3 Å². The SMILES string of the molecule is C[C@H](C#N)C[C@@H](NC(=O)c1ccnc2ccccc12)C(N)=O. The van der Waals surface area contributed by atoms with Gasteiger partial charge in [-0.25, -0.2) is 0 Å². The first-order chi connectivity index (χ1) is 10.5. The number of primary amides is 1. The molecule has 2 amide bonds. The maximum absolute atomic E-state index is 12.4. The number of para-hydroxylation sites is 1. The number of aromatic nitrogens is 1. The summed E-state index contributed by atoms with van der Waals surface area (Å²) in [6.07, 6.45) is 1.72. The summed E-state index contributed by atoms with van der Waals surface area (Å²) in [5.41, 5.74) is 6.41. The van der Waals surface area contributed by atoms with Crippen LogP contribution in [0.3, 0.4) is 0 Å². The molecular weight excluding hydrogens is 280 g/mol. The zero-order valence-electron chi connectivity index (χ0n) is 12.1. The maximum atomic E-state index is 12.4. The topological polar surface area (TPSA) is 109 Å². The van der Waals surface area contributed by atoms with Crippen molar-refractivity contribution in [3.05, 3.63) is 42.1 Å². The van der Waals surface area contributed by atoms with Gasteiger partial charge in [0.1, 0.15) is 6.04 Å². The Morgan fingerprint density at radius 2 is 2.09 bits per heavy atom. The molecule has 22 heavy (non-hydrogen) atoms. The second kappa shape index (κ2) is 6.68. The van der Waals surface area contributed by atoms with E-state index in [0.717, 1.165) is 0 Å². The normalized spacial score (nSPS) is 13.1. The molecule has 0 aliphatic heterocycles. The van der Waals surface area contributed by atoms with E-state index in [1.807, 2.05) is 18.2 Å². The van der Waals surface area contributed by atoms with Crippen LogP contribution in [-0.2, 0) is 4.79 Å². The molecule has 2 atom stereocenters. The number of nitrogens with zero attached hydrogens (tertiary/aromatic N) is 2. The average Bonchev–Trinajstić information content (AvgIpc) is 2.53. The van der Waals surface area contributed by atoms with Gasteiger partial charge in [-0.15, -0.1) is 0 Å². The molecule has 0 saturated heterocycles. The van der Waals surface area contributed by atoms with Crippen LogP contribution in [0.5, 0.6) is 0 Å². The van der Waals surface area contributed by atoms with Crippen LogP contribution in [0.25, 0.3) is 10.9 Å². The number of amides is 2. The van der Waals surface area contributed by atoms with Crippen molar-refractivity contribution < 1.29 is 9.59 Å². The summed E-state index contributed by atoms with van der Waals surface area (Å²) in [6, 6.07) is 9.96. The minimum Gasteiger partial charge on any atom is -0.368 e. The van der Waals surface area contributed by atoms with Gasteiger partial charge in [0.15, 0.2) is 0 Å². The molecule has 0 saturated carbocycles. The molecule has 6 nitrogen and oxygen atoms in total. The highest BCUT2D eigenvalue weighted by molar-refractivity contribution is 6.07. The molecule has 0 spiro atoms. The van der Waals surface area contributed by atoms with Gasteiger partial charge in [0.05, 0.1) is 17.1 Å². The zero-order chi connectivity index (χ0) is 16.1. The first kappa shape index (κ1) is 15.4. The van der Waals surface area contributed by atoms with Crippen molar-refractivity contribution in [2.75, 3.05) is 0 Å². The van der Waals surface area contributed by atoms with Crippen molar-refractivity contribution in [3.63, 3.8) is 0 Å². The number of nitriles is 1. The smallest absolute Gasteiger partial charge is 0.252 e. The summed E-state index contributed by atoms with van der Waals surface area (Å²) in [4.78, 5) is 28.1. The molecular formula is C16H16N4O2. The fraction of sp³-hybridized carbons (Fsp3) is 0.250. The van der Waals surface area contributed by atoms with E-state index < -0.39 is 17.9 Å². The van der Waals surface area contributed by atoms with Crippen LogP contribution < -0.4 is 11.1 Å². The average molecular weight is 296 g/mol. The minimum absolute atomic E-state index is 0.181. The number of hydrogen-bond donors (Lipinski definition) is 2. The number of rotatable bonds is 5. The zero-order valence-corrected chi connectivity index (χ0v) is 12.1. The second-order valence-corrected chi connectivity index (χ2v) is 5.07. The van der Waals surface area contributed by atoms with E-state index in [0.29, 0.717) is 16.5 Å². The Kier molecular flexibility index (Phi) is 4.69. The third-order valence-corrected chi connectivity index (χ3v) is 3.35. The molecule has 0 aliphatic rings. The van der Waals surface area contributed by atoms with Gasteiger partial charge in [0, 0.05) is 17.5 Å². The molecule has 2 rings (SSSR count). The summed E-state index contributed by atoms with van der Waals surface area (Å²) >= 11 is 0. The lowest BCUT2D eigenvalue weighted by Gasteiger charge is -2.17. The molecule has 0 bridgehead atoms. The lowest BCUT2D eigenvalue weighted by molar-refractivity contribution is -0.120. The van der Waals surface area contributed by atoms with Gasteiger partial charge < -0.3 is 11.1 Å². The molecule has 0 radical (unpaired) electrons. The Morgan fingerprint density at radius 3 is 2.77 bits per heavy atom. The first-order valence-corrected chi connectivity index (χ1v) is 6.86. The quantitative estimate of drug-likeness (QED) is 0.868. The van der Waals surface area contributed by atoms with Crippen molar-refractivity contribution in [2.24, 2.45) is 11.7 Å². The van der Waals surface area contributed by atoms with Crippen LogP contribution in [0.4, 0.5) is 0 Å². The van der Waals surface area contributed by atoms with Crippen molar-refractivity contribution in [1.82, 2.24) is 10.3 Å². The molecule has 112 valence electrons. The predicted molar refractivity (Wildman–Crippen MR) is 81.6 cm³/mol. The van der Waals surface area contributed by atoms with Crippen LogP contribution in [0.2, 0.25) is 0 Å². The highest BCUT2D eigenvalue weighted by Gasteiger charge is 2.22. The Morgan fingerprint density at radius 1 is 1.36 bits per heavy atom. The van der Waals surface area contributed by atoms with Gasteiger partial charge in [-0.2, -0.15) is 5.26 Å². The maximum Gasteiger partial charge on any atom is 0.252 e. The lowest BCUT2D eigenvalue weighted by Crippen LogP contribution is -2.45. The molecule has 3 N–H and O–H groups in total. The summed E-state index contributed by atoms with van der Waals surface area (Å²) in [6.45, 7) is 1.67. The molecule has 1 heterocycles. The molecule has 6 heteroatoms. The van der Waals surface area contributed by atoms with Crippen molar-refractivity contribution in [2.45, 2.75) is 19.4 Å². The number of hydrogen-bond acceptors (Lipinski definition) is 4. The number of pyridine rings is 1. The van der Waals surface area contributed by atoms with Crippen LogP contribution in [-0.4, -0.2) is 22.8 Å². The van der Waals surface area contributed by atoms with Crippen molar-refractivity contribution >= 4 is 22.7 Å². The summed E-state index contributed by atoms with van der Waals surface area (Å²) in [5, 5.41) is 12.1. The molecule has 2 aromatic rings. The monoisotopic (exact) mass is 296 g/mol. The van der Waals surface area contributed by atoms with Gasteiger partial charge in [-0.3, -0.25) is 14.6 Å². The summed E-state index contributed by atoms with van der Waals surface area (Å²) in [7, 11) is 0. The summed E-state index contributed by atoms with van der Waals surface area (Å²) < 4.78 is 0. The van der Waals surface area contributed by atoms with Gasteiger partial charge in [-0.05, 0) is 25.5 Å². The highest BCUT2D eigenvalue weighted by Crippen LogP contribution is 2.16. The lowest BCUT2D eigenvalue weighted by atomic mass is 10.0. The number of fused-ring (bicyclic) bond motifs is 1. The van der Waals surface area contributed by atoms with Gasteiger partial charge >= 0.3 is 0 Å². The summed E-state index contributed by atoms with van der Waals surface area (Å²) in [5.74, 6) is -1.45. The standard InChI is InChI=1S/C16H16N4O2/c1-10(9-17)8-14(15(18)21)20-16(22)12-6-7-19-13-5-3-2-4-11(12)13/h2-7,10,14H,8H2,1H3,(H2,18,21)(H,20,22)/t10-,14+/m0/s1. The van der Waals surface area contributed by atoms with Crippen LogP contribution in [0.15, 0.2) is 36.5 Å². The Bertz CT molecular complexity index is 746. The van der Waals surface area contributed by atoms with Crippen molar-refractivity contribution in [3.8, 4) is 6.07 Å². The Balaban J connectivity index is 2.26. The van der Waals surface area contributed by atoms with E-state index in [1.165, 1.54) is 6.20 Å². The number of nitrogens with one attached hydrogen (secondary N) is 1. The van der Waals surface area contributed by atoms with Crippen molar-refractivity contribution in [1.29, 1.82) is 5.26 Å². The largest absolute Gasteiger partial charge is 0.368 e. The Hall–Kier alpha value is -2.94. The first-order valence-electron chi connectivity index (χ1n) is 6.86. The number of nitrogens with two attached hydrogens (primary N) is 1.